The lowest BCUT2D eigenvalue weighted by molar-refractivity contribution is -0.00264. The molecular formula is C14H21NO. The average molecular weight is 219 g/mol. The standard InChI is InChI=1S/C14H21NO/c1-12-4-2-5-13(8-12)9-14(10-15)6-3-7-16-11-14/h2,4-5,8H,3,6-7,9-11,15H2,1H3. The van der Waals surface area contributed by atoms with Crippen molar-refractivity contribution in [1.29, 1.82) is 0 Å². The summed E-state index contributed by atoms with van der Waals surface area (Å²) in [5.74, 6) is 0. The Balaban J connectivity index is 2.11. The van der Waals surface area contributed by atoms with Crippen molar-refractivity contribution in [3.05, 3.63) is 35.4 Å². The molecule has 0 radical (unpaired) electrons. The van der Waals surface area contributed by atoms with E-state index in [0.717, 1.165) is 32.6 Å². The molecule has 2 heteroatoms. The summed E-state index contributed by atoms with van der Waals surface area (Å²) in [6.07, 6.45) is 3.38. The van der Waals surface area contributed by atoms with Crippen molar-refractivity contribution in [2.45, 2.75) is 26.2 Å². The van der Waals surface area contributed by atoms with E-state index in [1.807, 2.05) is 0 Å². The summed E-state index contributed by atoms with van der Waals surface area (Å²) in [6.45, 7) is 4.57. The molecule has 1 fully saturated rings. The molecule has 2 rings (SSSR count). The molecule has 16 heavy (non-hydrogen) atoms. The van der Waals surface area contributed by atoms with Crippen LogP contribution in [0.15, 0.2) is 24.3 Å². The maximum Gasteiger partial charge on any atom is 0.0537 e. The van der Waals surface area contributed by atoms with Crippen LogP contribution in [0.4, 0.5) is 0 Å². The van der Waals surface area contributed by atoms with Crippen LogP contribution < -0.4 is 5.73 Å². The maximum atomic E-state index is 5.94. The van der Waals surface area contributed by atoms with E-state index in [1.54, 1.807) is 0 Å². The predicted molar refractivity (Wildman–Crippen MR) is 66.4 cm³/mol. The highest BCUT2D eigenvalue weighted by molar-refractivity contribution is 5.23. The highest BCUT2D eigenvalue weighted by atomic mass is 16.5. The summed E-state index contributed by atoms with van der Waals surface area (Å²) < 4.78 is 5.60. The number of rotatable bonds is 3. The largest absolute Gasteiger partial charge is 0.381 e. The first-order valence-electron chi connectivity index (χ1n) is 6.07. The van der Waals surface area contributed by atoms with Crippen molar-refractivity contribution in [2.75, 3.05) is 19.8 Å². The van der Waals surface area contributed by atoms with Crippen LogP contribution >= 0.6 is 0 Å². The molecule has 1 aliphatic heterocycles. The lowest BCUT2D eigenvalue weighted by atomic mass is 9.77. The van der Waals surface area contributed by atoms with Gasteiger partial charge in [0.2, 0.25) is 0 Å². The van der Waals surface area contributed by atoms with Gasteiger partial charge in [0, 0.05) is 18.6 Å². The van der Waals surface area contributed by atoms with Gasteiger partial charge in [0.25, 0.3) is 0 Å². The quantitative estimate of drug-likeness (QED) is 0.846. The van der Waals surface area contributed by atoms with Crippen molar-refractivity contribution in [3.8, 4) is 0 Å². The Morgan fingerprint density at radius 1 is 1.44 bits per heavy atom. The minimum Gasteiger partial charge on any atom is -0.381 e. The van der Waals surface area contributed by atoms with Gasteiger partial charge in [-0.3, -0.25) is 0 Å². The molecule has 0 saturated carbocycles. The molecule has 1 saturated heterocycles. The second-order valence-electron chi connectivity index (χ2n) is 5.03. The van der Waals surface area contributed by atoms with Gasteiger partial charge in [0.1, 0.15) is 0 Å². The number of hydrogen-bond donors (Lipinski definition) is 1. The van der Waals surface area contributed by atoms with Crippen molar-refractivity contribution in [1.82, 2.24) is 0 Å². The second-order valence-corrected chi connectivity index (χ2v) is 5.03. The van der Waals surface area contributed by atoms with Crippen molar-refractivity contribution >= 4 is 0 Å². The lowest BCUT2D eigenvalue weighted by Crippen LogP contribution is -2.40. The average Bonchev–Trinajstić information content (AvgIpc) is 2.30. The molecule has 0 spiro atoms. The van der Waals surface area contributed by atoms with Gasteiger partial charge in [0.05, 0.1) is 6.61 Å². The Kier molecular flexibility index (Phi) is 3.62. The Bertz CT molecular complexity index is 342. The molecule has 2 nitrogen and oxygen atoms in total. The topological polar surface area (TPSA) is 35.2 Å². The normalized spacial score (nSPS) is 25.6. The number of benzene rings is 1. The van der Waals surface area contributed by atoms with Gasteiger partial charge in [-0.2, -0.15) is 0 Å². The zero-order valence-corrected chi connectivity index (χ0v) is 10.0. The minimum absolute atomic E-state index is 0.173. The van der Waals surface area contributed by atoms with Gasteiger partial charge in [-0.15, -0.1) is 0 Å². The summed E-state index contributed by atoms with van der Waals surface area (Å²) in [5, 5.41) is 0. The molecule has 0 bridgehead atoms. The van der Waals surface area contributed by atoms with E-state index in [9.17, 15) is 0 Å². The minimum atomic E-state index is 0.173. The SMILES string of the molecule is Cc1cccc(CC2(CN)CCCOC2)c1. The second kappa shape index (κ2) is 4.98. The fraction of sp³-hybridized carbons (Fsp3) is 0.571. The molecule has 0 aromatic heterocycles. The third kappa shape index (κ3) is 2.63. The zero-order chi connectivity index (χ0) is 11.4. The van der Waals surface area contributed by atoms with Gasteiger partial charge in [-0.25, -0.2) is 0 Å². The van der Waals surface area contributed by atoms with Gasteiger partial charge in [0.15, 0.2) is 0 Å². The molecule has 0 aliphatic carbocycles. The van der Waals surface area contributed by atoms with E-state index in [2.05, 4.69) is 31.2 Å². The van der Waals surface area contributed by atoms with Crippen LogP contribution in [0.5, 0.6) is 0 Å². The Morgan fingerprint density at radius 3 is 2.94 bits per heavy atom. The van der Waals surface area contributed by atoms with Crippen LogP contribution in [0.25, 0.3) is 0 Å². The Hall–Kier alpha value is -0.860. The Morgan fingerprint density at radius 2 is 2.31 bits per heavy atom. The predicted octanol–water partition coefficient (Wildman–Crippen LogP) is 2.29. The number of ether oxygens (including phenoxy) is 1. The molecule has 1 aromatic carbocycles. The van der Waals surface area contributed by atoms with Crippen molar-refractivity contribution < 1.29 is 4.74 Å². The maximum absolute atomic E-state index is 5.94. The van der Waals surface area contributed by atoms with E-state index in [4.69, 9.17) is 10.5 Å². The van der Waals surface area contributed by atoms with E-state index in [1.165, 1.54) is 17.5 Å². The smallest absolute Gasteiger partial charge is 0.0537 e. The first-order chi connectivity index (χ1) is 7.74. The monoisotopic (exact) mass is 219 g/mol. The molecule has 2 N–H and O–H groups in total. The third-order valence-electron chi connectivity index (χ3n) is 3.50. The van der Waals surface area contributed by atoms with E-state index in [0.29, 0.717) is 0 Å². The van der Waals surface area contributed by atoms with Gasteiger partial charge >= 0.3 is 0 Å². The van der Waals surface area contributed by atoms with Gasteiger partial charge in [-0.1, -0.05) is 29.8 Å². The van der Waals surface area contributed by atoms with Crippen LogP contribution in [0, 0.1) is 12.3 Å². The molecule has 1 unspecified atom stereocenters. The van der Waals surface area contributed by atoms with Gasteiger partial charge in [-0.05, 0) is 31.7 Å². The Labute approximate surface area is 97.8 Å². The van der Waals surface area contributed by atoms with Crippen LogP contribution in [0.3, 0.4) is 0 Å². The van der Waals surface area contributed by atoms with Crippen molar-refractivity contribution in [3.63, 3.8) is 0 Å². The molecule has 0 amide bonds. The van der Waals surface area contributed by atoms with Crippen molar-refractivity contribution in [2.24, 2.45) is 11.1 Å². The van der Waals surface area contributed by atoms with Gasteiger partial charge < -0.3 is 10.5 Å². The summed E-state index contributed by atoms with van der Waals surface area (Å²) >= 11 is 0. The number of aryl methyl sites for hydroxylation is 1. The summed E-state index contributed by atoms with van der Waals surface area (Å²) in [4.78, 5) is 0. The van der Waals surface area contributed by atoms with Crippen LogP contribution in [-0.4, -0.2) is 19.8 Å². The van der Waals surface area contributed by atoms with Crippen LogP contribution in [0.1, 0.15) is 24.0 Å². The number of nitrogens with two attached hydrogens (primary N) is 1. The molecule has 1 heterocycles. The van der Waals surface area contributed by atoms with Crippen LogP contribution in [0.2, 0.25) is 0 Å². The summed E-state index contributed by atoms with van der Waals surface area (Å²) in [5.41, 5.74) is 8.82. The molecule has 1 aliphatic rings. The third-order valence-corrected chi connectivity index (χ3v) is 3.50. The van der Waals surface area contributed by atoms with Crippen LogP contribution in [-0.2, 0) is 11.2 Å². The first-order valence-corrected chi connectivity index (χ1v) is 6.07. The summed E-state index contributed by atoms with van der Waals surface area (Å²) in [7, 11) is 0. The molecule has 1 atom stereocenters. The first kappa shape index (κ1) is 11.6. The molecule has 88 valence electrons. The fourth-order valence-electron chi connectivity index (χ4n) is 2.54. The van der Waals surface area contributed by atoms with E-state index >= 15 is 0 Å². The zero-order valence-electron chi connectivity index (χ0n) is 10.0. The highest BCUT2D eigenvalue weighted by Crippen LogP contribution is 2.31. The lowest BCUT2D eigenvalue weighted by Gasteiger charge is -2.36. The molecular weight excluding hydrogens is 198 g/mol. The number of hydrogen-bond acceptors (Lipinski definition) is 2. The highest BCUT2D eigenvalue weighted by Gasteiger charge is 2.31. The molecule has 1 aromatic rings. The fourth-order valence-corrected chi connectivity index (χ4v) is 2.54. The van der Waals surface area contributed by atoms with E-state index < -0.39 is 0 Å². The van der Waals surface area contributed by atoms with E-state index in [-0.39, 0.29) is 5.41 Å². The summed E-state index contributed by atoms with van der Waals surface area (Å²) in [6, 6.07) is 8.71.